The molecular formula is C14H14ClN5S. The second-order valence-electron chi connectivity index (χ2n) is 4.47. The Hall–Kier alpha value is -1.79. The molecule has 5 nitrogen and oxygen atoms in total. The number of rotatable bonds is 5. The highest BCUT2D eigenvalue weighted by Gasteiger charge is 2.11. The number of nitrogens with one attached hydrogen (secondary N) is 2. The second kappa shape index (κ2) is 6.32. The van der Waals surface area contributed by atoms with Crippen molar-refractivity contribution in [1.29, 1.82) is 0 Å². The third kappa shape index (κ3) is 3.28. The fraction of sp³-hybridized carbons (Fsp3) is 0.214. The number of hydrogen-bond donors (Lipinski definition) is 2. The first-order chi connectivity index (χ1) is 10.3. The molecule has 0 aliphatic carbocycles. The SMILES string of the molecule is CCCNc1nc(Sc2cccc(Cl)c2)c2cn[nH]c2n1. The van der Waals surface area contributed by atoms with Gasteiger partial charge in [-0.3, -0.25) is 5.10 Å². The van der Waals surface area contributed by atoms with E-state index in [1.54, 1.807) is 18.0 Å². The highest BCUT2D eigenvalue weighted by molar-refractivity contribution is 7.99. The predicted octanol–water partition coefficient (Wildman–Crippen LogP) is 3.98. The highest BCUT2D eigenvalue weighted by atomic mass is 35.5. The van der Waals surface area contributed by atoms with Crippen LogP contribution in [0.4, 0.5) is 5.95 Å². The Morgan fingerprint density at radius 1 is 1.33 bits per heavy atom. The standard InChI is InChI=1S/C14H14ClN5S/c1-2-6-16-14-18-12-11(8-17-20-12)13(19-14)21-10-5-3-4-9(15)7-10/h3-5,7-8H,2,6H2,1H3,(H2,16,17,18,19,20). The van der Waals surface area contributed by atoms with Crippen LogP contribution in [0, 0.1) is 0 Å². The van der Waals surface area contributed by atoms with Gasteiger partial charge in [0.15, 0.2) is 5.65 Å². The molecule has 3 aromatic rings. The van der Waals surface area contributed by atoms with Gasteiger partial charge in [-0.2, -0.15) is 10.1 Å². The lowest BCUT2D eigenvalue weighted by Gasteiger charge is -2.07. The van der Waals surface area contributed by atoms with E-state index in [-0.39, 0.29) is 0 Å². The molecule has 2 heterocycles. The molecule has 0 amide bonds. The summed E-state index contributed by atoms with van der Waals surface area (Å²) in [5.41, 5.74) is 0.730. The van der Waals surface area contributed by atoms with Crippen LogP contribution < -0.4 is 5.32 Å². The van der Waals surface area contributed by atoms with E-state index in [1.807, 2.05) is 24.3 Å². The number of H-pyrrole nitrogens is 1. The Kier molecular flexibility index (Phi) is 4.26. The third-order valence-corrected chi connectivity index (χ3v) is 4.05. The number of benzene rings is 1. The maximum atomic E-state index is 6.03. The van der Waals surface area contributed by atoms with Gasteiger partial charge in [-0.25, -0.2) is 4.98 Å². The Morgan fingerprint density at radius 3 is 3.05 bits per heavy atom. The van der Waals surface area contributed by atoms with E-state index in [0.717, 1.165) is 33.9 Å². The minimum absolute atomic E-state index is 0.609. The molecule has 21 heavy (non-hydrogen) atoms. The third-order valence-electron chi connectivity index (χ3n) is 2.82. The lowest BCUT2D eigenvalue weighted by atomic mass is 10.4. The average molecular weight is 320 g/mol. The molecular weight excluding hydrogens is 306 g/mol. The summed E-state index contributed by atoms with van der Waals surface area (Å²) in [7, 11) is 0. The summed E-state index contributed by atoms with van der Waals surface area (Å²) >= 11 is 7.58. The zero-order chi connectivity index (χ0) is 14.7. The van der Waals surface area contributed by atoms with E-state index in [0.29, 0.717) is 11.0 Å². The molecule has 0 spiro atoms. The summed E-state index contributed by atoms with van der Waals surface area (Å²) in [4.78, 5) is 10.0. The predicted molar refractivity (Wildman–Crippen MR) is 86.0 cm³/mol. The van der Waals surface area contributed by atoms with Gasteiger partial charge in [0.25, 0.3) is 0 Å². The van der Waals surface area contributed by atoms with Crippen LogP contribution in [0.3, 0.4) is 0 Å². The molecule has 0 radical (unpaired) electrons. The van der Waals surface area contributed by atoms with Gasteiger partial charge in [0.2, 0.25) is 5.95 Å². The Bertz CT molecular complexity index is 758. The average Bonchev–Trinajstić information content (AvgIpc) is 2.94. The van der Waals surface area contributed by atoms with Gasteiger partial charge in [-0.1, -0.05) is 36.4 Å². The lowest BCUT2D eigenvalue weighted by Crippen LogP contribution is -2.05. The van der Waals surface area contributed by atoms with Crippen molar-refractivity contribution < 1.29 is 0 Å². The van der Waals surface area contributed by atoms with Gasteiger partial charge in [0, 0.05) is 16.5 Å². The Balaban J connectivity index is 1.97. The molecule has 2 N–H and O–H groups in total. The van der Waals surface area contributed by atoms with Crippen LogP contribution in [0.15, 0.2) is 40.4 Å². The van der Waals surface area contributed by atoms with Crippen molar-refractivity contribution in [1.82, 2.24) is 20.2 Å². The van der Waals surface area contributed by atoms with Crippen LogP contribution in [0.5, 0.6) is 0 Å². The molecule has 3 rings (SSSR count). The molecule has 2 aromatic heterocycles. The fourth-order valence-corrected chi connectivity index (χ4v) is 3.05. The zero-order valence-corrected chi connectivity index (χ0v) is 13.0. The number of halogens is 1. The van der Waals surface area contributed by atoms with Gasteiger partial charge in [-0.15, -0.1) is 0 Å². The monoisotopic (exact) mass is 319 g/mol. The quantitative estimate of drug-likeness (QED) is 0.696. The summed E-state index contributed by atoms with van der Waals surface area (Å²) in [6, 6.07) is 7.70. The van der Waals surface area contributed by atoms with Gasteiger partial charge in [0.1, 0.15) is 5.03 Å². The van der Waals surface area contributed by atoms with Crippen molar-refractivity contribution in [2.45, 2.75) is 23.3 Å². The maximum absolute atomic E-state index is 6.03. The smallest absolute Gasteiger partial charge is 0.225 e. The molecule has 0 aliphatic heterocycles. The molecule has 1 aromatic carbocycles. The first-order valence-electron chi connectivity index (χ1n) is 6.64. The molecule has 0 fully saturated rings. The molecule has 0 bridgehead atoms. The van der Waals surface area contributed by atoms with Crippen molar-refractivity contribution in [2.24, 2.45) is 0 Å². The normalized spacial score (nSPS) is 11.0. The van der Waals surface area contributed by atoms with Crippen molar-refractivity contribution in [2.75, 3.05) is 11.9 Å². The zero-order valence-electron chi connectivity index (χ0n) is 11.4. The Labute approximate surface area is 131 Å². The fourth-order valence-electron chi connectivity index (χ4n) is 1.84. The number of aromatic nitrogens is 4. The second-order valence-corrected chi connectivity index (χ2v) is 5.97. The minimum atomic E-state index is 0.609. The van der Waals surface area contributed by atoms with Crippen LogP contribution in [-0.4, -0.2) is 26.7 Å². The van der Waals surface area contributed by atoms with E-state index >= 15 is 0 Å². The Morgan fingerprint density at radius 2 is 2.24 bits per heavy atom. The van der Waals surface area contributed by atoms with Gasteiger partial charge < -0.3 is 5.32 Å². The summed E-state index contributed by atoms with van der Waals surface area (Å²) in [5.74, 6) is 0.609. The van der Waals surface area contributed by atoms with Crippen LogP contribution >= 0.6 is 23.4 Å². The first kappa shape index (κ1) is 14.2. The minimum Gasteiger partial charge on any atom is -0.354 e. The number of fused-ring (bicyclic) bond motifs is 1. The molecule has 7 heteroatoms. The van der Waals surface area contributed by atoms with Crippen molar-refractivity contribution in [3.8, 4) is 0 Å². The topological polar surface area (TPSA) is 66.5 Å². The number of hydrogen-bond acceptors (Lipinski definition) is 5. The van der Waals surface area contributed by atoms with Crippen molar-refractivity contribution >= 4 is 40.3 Å². The van der Waals surface area contributed by atoms with E-state index in [1.165, 1.54) is 0 Å². The molecule has 0 atom stereocenters. The van der Waals surface area contributed by atoms with Crippen LogP contribution in [0.2, 0.25) is 5.02 Å². The van der Waals surface area contributed by atoms with Crippen molar-refractivity contribution in [3.05, 3.63) is 35.5 Å². The summed E-state index contributed by atoms with van der Waals surface area (Å²) in [5, 5.41) is 12.6. The van der Waals surface area contributed by atoms with Gasteiger partial charge in [0.05, 0.1) is 11.6 Å². The molecule has 108 valence electrons. The van der Waals surface area contributed by atoms with Gasteiger partial charge in [-0.05, 0) is 24.6 Å². The lowest BCUT2D eigenvalue weighted by molar-refractivity contribution is 0.943. The number of nitrogens with zero attached hydrogens (tertiary/aromatic N) is 3. The summed E-state index contributed by atoms with van der Waals surface area (Å²) in [6.45, 7) is 2.93. The summed E-state index contributed by atoms with van der Waals surface area (Å²) < 4.78 is 0. The number of aromatic amines is 1. The van der Waals surface area contributed by atoms with Gasteiger partial charge >= 0.3 is 0 Å². The van der Waals surface area contributed by atoms with E-state index in [4.69, 9.17) is 11.6 Å². The van der Waals surface area contributed by atoms with E-state index in [9.17, 15) is 0 Å². The van der Waals surface area contributed by atoms with Crippen molar-refractivity contribution in [3.63, 3.8) is 0 Å². The summed E-state index contributed by atoms with van der Waals surface area (Å²) in [6.07, 6.45) is 2.76. The number of anilines is 1. The van der Waals surface area contributed by atoms with E-state index in [2.05, 4.69) is 32.4 Å². The molecule has 0 saturated carbocycles. The van der Waals surface area contributed by atoms with E-state index < -0.39 is 0 Å². The highest BCUT2D eigenvalue weighted by Crippen LogP contribution is 2.32. The first-order valence-corrected chi connectivity index (χ1v) is 7.84. The van der Waals surface area contributed by atoms with Crippen LogP contribution in [-0.2, 0) is 0 Å². The molecule has 0 aliphatic rings. The maximum Gasteiger partial charge on any atom is 0.225 e. The van der Waals surface area contributed by atoms with Crippen LogP contribution in [0.1, 0.15) is 13.3 Å². The molecule has 0 unspecified atom stereocenters. The van der Waals surface area contributed by atoms with Crippen LogP contribution in [0.25, 0.3) is 11.0 Å². The largest absolute Gasteiger partial charge is 0.354 e. The molecule has 0 saturated heterocycles.